The van der Waals surface area contributed by atoms with Crippen LogP contribution in [0.5, 0.6) is 11.5 Å². The highest BCUT2D eigenvalue weighted by Gasteiger charge is 2.36. The van der Waals surface area contributed by atoms with Crippen molar-refractivity contribution in [3.63, 3.8) is 0 Å². The van der Waals surface area contributed by atoms with Crippen LogP contribution < -0.4 is 14.4 Å². The number of rotatable bonds is 4. The first-order valence-electron chi connectivity index (χ1n) is 9.38. The Morgan fingerprint density at radius 1 is 1.03 bits per heavy atom. The van der Waals surface area contributed by atoms with Gasteiger partial charge in [0.25, 0.3) is 0 Å². The van der Waals surface area contributed by atoms with E-state index in [2.05, 4.69) is 6.07 Å². The zero-order chi connectivity index (χ0) is 21.3. The van der Waals surface area contributed by atoms with Crippen molar-refractivity contribution in [3.8, 4) is 17.6 Å². The van der Waals surface area contributed by atoms with E-state index in [0.29, 0.717) is 22.7 Å². The normalized spacial score (nSPS) is 15.3. The van der Waals surface area contributed by atoms with E-state index in [1.807, 2.05) is 12.1 Å². The predicted molar refractivity (Wildman–Crippen MR) is 110 cm³/mol. The molecule has 0 aliphatic carbocycles. The number of nitrogens with zero attached hydrogens (tertiary/aromatic N) is 2. The van der Waals surface area contributed by atoms with Crippen LogP contribution in [0.15, 0.2) is 60.7 Å². The number of amides is 1. The van der Waals surface area contributed by atoms with Gasteiger partial charge in [-0.3, -0.25) is 4.79 Å². The van der Waals surface area contributed by atoms with E-state index < -0.39 is 6.04 Å². The van der Waals surface area contributed by atoms with Crippen LogP contribution in [0.25, 0.3) is 0 Å². The summed E-state index contributed by atoms with van der Waals surface area (Å²) in [6.45, 7) is 0. The molecule has 0 bridgehead atoms. The van der Waals surface area contributed by atoms with Gasteiger partial charge in [0.1, 0.15) is 5.82 Å². The molecule has 1 aliphatic rings. The largest absolute Gasteiger partial charge is 0.493 e. The molecule has 0 radical (unpaired) electrons. The highest BCUT2D eigenvalue weighted by atomic mass is 19.1. The first kappa shape index (κ1) is 19.5. The molecule has 0 fully saturated rings. The molecule has 0 saturated carbocycles. The standard InChI is InChI=1S/C24H19FN2O3/c1-29-21-11-17-12-23(28)27(19-5-3-4-15(10-19)14-26)24(20(17)13-22(21)30-2)16-6-8-18(25)9-7-16/h3-11,13,24H,12H2,1-2H3/t24-/m1/s1. The van der Waals surface area contributed by atoms with E-state index >= 15 is 0 Å². The van der Waals surface area contributed by atoms with Crippen molar-refractivity contribution >= 4 is 11.6 Å². The lowest BCUT2D eigenvalue weighted by Gasteiger charge is -2.38. The Morgan fingerprint density at radius 3 is 2.40 bits per heavy atom. The molecule has 3 aromatic carbocycles. The molecule has 0 saturated heterocycles. The minimum absolute atomic E-state index is 0.126. The summed E-state index contributed by atoms with van der Waals surface area (Å²) >= 11 is 0. The quantitative estimate of drug-likeness (QED) is 0.649. The van der Waals surface area contributed by atoms with Gasteiger partial charge in [-0.2, -0.15) is 5.26 Å². The Bertz CT molecular complexity index is 1150. The molecule has 3 aromatic rings. The molecule has 0 unspecified atom stereocenters. The number of carbonyl (C=O) groups is 1. The molecule has 1 heterocycles. The Labute approximate surface area is 173 Å². The van der Waals surface area contributed by atoms with Crippen molar-refractivity contribution in [2.24, 2.45) is 0 Å². The summed E-state index contributed by atoms with van der Waals surface area (Å²) in [6.07, 6.45) is 0.171. The van der Waals surface area contributed by atoms with Crippen LogP contribution >= 0.6 is 0 Å². The number of anilines is 1. The molecule has 0 spiro atoms. The van der Waals surface area contributed by atoms with Gasteiger partial charge in [-0.1, -0.05) is 18.2 Å². The van der Waals surface area contributed by atoms with Gasteiger partial charge in [-0.15, -0.1) is 0 Å². The van der Waals surface area contributed by atoms with E-state index in [1.54, 1.807) is 55.5 Å². The van der Waals surface area contributed by atoms with E-state index in [-0.39, 0.29) is 18.1 Å². The minimum atomic E-state index is -0.504. The number of halogens is 1. The minimum Gasteiger partial charge on any atom is -0.493 e. The number of methoxy groups -OCH3 is 2. The summed E-state index contributed by atoms with van der Waals surface area (Å²) in [5.41, 5.74) is 3.49. The fourth-order valence-corrected chi connectivity index (χ4v) is 3.87. The maximum atomic E-state index is 13.6. The van der Waals surface area contributed by atoms with E-state index in [1.165, 1.54) is 12.1 Å². The average Bonchev–Trinajstić information content (AvgIpc) is 2.78. The lowest BCUT2D eigenvalue weighted by molar-refractivity contribution is -0.118. The number of fused-ring (bicyclic) bond motifs is 1. The summed E-state index contributed by atoms with van der Waals surface area (Å²) in [6, 6.07) is 18.3. The molecule has 5 nitrogen and oxygen atoms in total. The molecule has 6 heteroatoms. The van der Waals surface area contributed by atoms with Crippen LogP contribution in [0.2, 0.25) is 0 Å². The third-order valence-electron chi connectivity index (χ3n) is 5.25. The molecular formula is C24H19FN2O3. The number of hydrogen-bond donors (Lipinski definition) is 0. The fraction of sp³-hybridized carbons (Fsp3) is 0.167. The van der Waals surface area contributed by atoms with Crippen molar-refractivity contribution in [1.82, 2.24) is 0 Å². The van der Waals surface area contributed by atoms with Crippen LogP contribution in [0.4, 0.5) is 10.1 Å². The number of carbonyl (C=O) groups excluding carboxylic acids is 1. The Kier molecular flexibility index (Phi) is 5.11. The van der Waals surface area contributed by atoms with Gasteiger partial charge in [0.05, 0.1) is 38.3 Å². The molecule has 4 rings (SSSR count). The highest BCUT2D eigenvalue weighted by molar-refractivity contribution is 5.98. The Hall–Kier alpha value is -3.85. The van der Waals surface area contributed by atoms with E-state index in [9.17, 15) is 14.4 Å². The zero-order valence-corrected chi connectivity index (χ0v) is 16.6. The second-order valence-corrected chi connectivity index (χ2v) is 6.96. The lowest BCUT2D eigenvalue weighted by atomic mass is 9.86. The van der Waals surface area contributed by atoms with Crippen LogP contribution in [-0.2, 0) is 11.2 Å². The number of nitriles is 1. The molecule has 1 amide bonds. The summed E-state index contributed by atoms with van der Waals surface area (Å²) in [5.74, 6) is 0.607. The third-order valence-corrected chi connectivity index (χ3v) is 5.25. The van der Waals surface area contributed by atoms with Gasteiger partial charge >= 0.3 is 0 Å². The molecule has 1 aliphatic heterocycles. The summed E-state index contributed by atoms with van der Waals surface area (Å²) in [7, 11) is 3.10. The van der Waals surface area contributed by atoms with Gasteiger partial charge in [0.15, 0.2) is 11.5 Å². The van der Waals surface area contributed by atoms with Gasteiger partial charge in [-0.25, -0.2) is 4.39 Å². The topological polar surface area (TPSA) is 62.6 Å². The SMILES string of the molecule is COc1cc2c(cc1OC)[C@@H](c1ccc(F)cc1)N(c1cccc(C#N)c1)C(=O)C2. The molecule has 0 aromatic heterocycles. The van der Waals surface area contributed by atoms with Crippen molar-refractivity contribution in [1.29, 1.82) is 5.26 Å². The predicted octanol–water partition coefficient (Wildman–Crippen LogP) is 4.39. The monoisotopic (exact) mass is 402 g/mol. The second kappa shape index (κ2) is 7.88. The van der Waals surface area contributed by atoms with Crippen molar-refractivity contribution < 1.29 is 18.7 Å². The maximum Gasteiger partial charge on any atom is 0.232 e. The maximum absolute atomic E-state index is 13.6. The van der Waals surface area contributed by atoms with Crippen LogP contribution in [0.3, 0.4) is 0 Å². The Morgan fingerprint density at radius 2 is 1.73 bits per heavy atom. The molecular weight excluding hydrogens is 383 g/mol. The zero-order valence-electron chi connectivity index (χ0n) is 16.6. The van der Waals surface area contributed by atoms with Crippen LogP contribution in [0, 0.1) is 17.1 Å². The van der Waals surface area contributed by atoms with Crippen LogP contribution in [-0.4, -0.2) is 20.1 Å². The van der Waals surface area contributed by atoms with Gasteiger partial charge in [-0.05, 0) is 59.2 Å². The highest BCUT2D eigenvalue weighted by Crippen LogP contribution is 2.43. The van der Waals surface area contributed by atoms with Crippen molar-refractivity contribution in [3.05, 3.63) is 88.7 Å². The first-order valence-corrected chi connectivity index (χ1v) is 9.38. The first-order chi connectivity index (χ1) is 14.5. The van der Waals surface area contributed by atoms with Gasteiger partial charge < -0.3 is 14.4 Å². The van der Waals surface area contributed by atoms with Gasteiger partial charge in [0.2, 0.25) is 5.91 Å². The number of benzene rings is 3. The van der Waals surface area contributed by atoms with Crippen molar-refractivity contribution in [2.75, 3.05) is 19.1 Å². The third kappa shape index (κ3) is 3.35. The molecule has 30 heavy (non-hydrogen) atoms. The fourth-order valence-electron chi connectivity index (χ4n) is 3.87. The number of hydrogen-bond acceptors (Lipinski definition) is 4. The van der Waals surface area contributed by atoms with Gasteiger partial charge in [0, 0.05) is 5.69 Å². The smallest absolute Gasteiger partial charge is 0.232 e. The lowest BCUT2D eigenvalue weighted by Crippen LogP contribution is -2.41. The Balaban J connectivity index is 1.95. The van der Waals surface area contributed by atoms with E-state index in [0.717, 1.165) is 16.7 Å². The second-order valence-electron chi connectivity index (χ2n) is 6.96. The molecule has 150 valence electrons. The molecule has 1 atom stereocenters. The molecule has 0 N–H and O–H groups in total. The summed E-state index contributed by atoms with van der Waals surface area (Å²) in [5, 5.41) is 9.30. The average molecular weight is 402 g/mol. The summed E-state index contributed by atoms with van der Waals surface area (Å²) < 4.78 is 24.5. The number of ether oxygens (including phenoxy) is 2. The summed E-state index contributed by atoms with van der Waals surface area (Å²) in [4.78, 5) is 14.9. The van der Waals surface area contributed by atoms with E-state index in [4.69, 9.17) is 9.47 Å². The van der Waals surface area contributed by atoms with Crippen molar-refractivity contribution in [2.45, 2.75) is 12.5 Å². The van der Waals surface area contributed by atoms with Crippen LogP contribution in [0.1, 0.15) is 28.3 Å².